The van der Waals surface area contributed by atoms with Crippen molar-refractivity contribution in [1.29, 1.82) is 10.5 Å². The summed E-state index contributed by atoms with van der Waals surface area (Å²) in [7, 11) is 0. The predicted molar refractivity (Wildman–Crippen MR) is 153 cm³/mol. The fraction of sp³-hybridized carbons (Fsp3) is 0.242. The van der Waals surface area contributed by atoms with E-state index in [1.54, 1.807) is 6.20 Å². The largest absolute Gasteiger partial charge is 0.305 e. The molecule has 1 heterocycles. The first-order valence-corrected chi connectivity index (χ1v) is 13.1. The van der Waals surface area contributed by atoms with Crippen LogP contribution in [0.15, 0.2) is 97.3 Å². The summed E-state index contributed by atoms with van der Waals surface area (Å²) in [5.74, 6) is 0.0583. The molecule has 0 aliphatic carbocycles. The van der Waals surface area contributed by atoms with Gasteiger partial charge in [0.15, 0.2) is 0 Å². The van der Waals surface area contributed by atoms with Gasteiger partial charge in [-0.05, 0) is 91.4 Å². The Morgan fingerprint density at radius 2 is 1.61 bits per heavy atom. The molecular formula is C33H31ClN4. The highest BCUT2D eigenvalue weighted by Crippen LogP contribution is 2.37. The van der Waals surface area contributed by atoms with Crippen LogP contribution in [0.5, 0.6) is 0 Å². The van der Waals surface area contributed by atoms with E-state index in [2.05, 4.69) is 53.6 Å². The number of hydrogen-bond donors (Lipinski definition) is 1. The number of nitrogens with one attached hydrogen (secondary N) is 1. The maximum atomic E-state index is 10.2. The van der Waals surface area contributed by atoms with E-state index in [4.69, 9.17) is 11.6 Å². The van der Waals surface area contributed by atoms with E-state index in [1.807, 2.05) is 80.7 Å². The van der Waals surface area contributed by atoms with Crippen molar-refractivity contribution in [3.8, 4) is 23.3 Å². The molecule has 1 N–H and O–H groups in total. The molecule has 4 aromatic rings. The monoisotopic (exact) mass is 518 g/mol. The Morgan fingerprint density at radius 3 is 2.29 bits per heavy atom. The number of nitriles is 2. The summed E-state index contributed by atoms with van der Waals surface area (Å²) >= 11 is 6.14. The summed E-state index contributed by atoms with van der Waals surface area (Å²) < 4.78 is 0. The molecule has 3 aromatic carbocycles. The Hall–Kier alpha value is -3.96. The minimum atomic E-state index is -0.679. The van der Waals surface area contributed by atoms with E-state index in [0.29, 0.717) is 10.6 Å². The molecule has 4 nitrogen and oxygen atoms in total. The number of pyridine rings is 1. The second kappa shape index (κ2) is 12.1. The molecule has 0 fully saturated rings. The van der Waals surface area contributed by atoms with E-state index in [9.17, 15) is 10.5 Å². The van der Waals surface area contributed by atoms with Gasteiger partial charge in [0.25, 0.3) is 0 Å². The third-order valence-corrected chi connectivity index (χ3v) is 7.32. The standard InChI is InChI=1S/C33H31ClN4/c1-23(31(18-24-12-14-30(34)15-13-24)27-9-4-7-25(17-27)20-35)38-32(33(2,3)22-36)28-10-5-8-26(19-28)29-11-6-16-37-21-29/h4-17,19,21,23,31-32,38H,18H2,1-3H3/t23-,31+,32?/m0/s1. The first kappa shape index (κ1) is 27.1. The van der Waals surface area contributed by atoms with Crippen LogP contribution < -0.4 is 5.32 Å². The average molecular weight is 519 g/mol. The molecule has 0 bridgehead atoms. The Bertz CT molecular complexity index is 1450. The van der Waals surface area contributed by atoms with Crippen molar-refractivity contribution in [3.05, 3.63) is 125 Å². The van der Waals surface area contributed by atoms with E-state index in [0.717, 1.165) is 34.2 Å². The SMILES string of the molecule is C[C@H](NC(c1cccc(-c2cccnc2)c1)C(C)(C)C#N)[C@@H](Cc1ccc(Cl)cc1)c1cccc(C#N)c1. The molecule has 0 spiro atoms. The summed E-state index contributed by atoms with van der Waals surface area (Å²) in [5.41, 5.74) is 5.32. The molecule has 0 aliphatic rings. The number of nitrogens with zero attached hydrogens (tertiary/aromatic N) is 3. The van der Waals surface area contributed by atoms with Crippen LogP contribution in [-0.2, 0) is 6.42 Å². The molecule has 0 amide bonds. The van der Waals surface area contributed by atoms with Gasteiger partial charge >= 0.3 is 0 Å². The van der Waals surface area contributed by atoms with Gasteiger partial charge in [-0.2, -0.15) is 10.5 Å². The van der Waals surface area contributed by atoms with E-state index in [-0.39, 0.29) is 18.0 Å². The maximum absolute atomic E-state index is 10.2. The van der Waals surface area contributed by atoms with Crippen molar-refractivity contribution in [2.45, 2.75) is 45.2 Å². The van der Waals surface area contributed by atoms with Crippen LogP contribution in [0.25, 0.3) is 11.1 Å². The third kappa shape index (κ3) is 6.48. The Morgan fingerprint density at radius 1 is 0.895 bits per heavy atom. The molecule has 190 valence electrons. The minimum Gasteiger partial charge on any atom is -0.305 e. The second-order valence-electron chi connectivity index (χ2n) is 10.3. The first-order chi connectivity index (χ1) is 18.3. The van der Waals surface area contributed by atoms with Crippen LogP contribution in [0.2, 0.25) is 5.02 Å². The Labute approximate surface area is 230 Å². The lowest BCUT2D eigenvalue weighted by molar-refractivity contribution is 0.281. The molecule has 3 atom stereocenters. The topological polar surface area (TPSA) is 72.5 Å². The summed E-state index contributed by atoms with van der Waals surface area (Å²) in [6.07, 6.45) is 4.37. The third-order valence-electron chi connectivity index (χ3n) is 7.07. The molecule has 1 unspecified atom stereocenters. The number of benzene rings is 3. The molecule has 1 aromatic heterocycles. The fourth-order valence-electron chi connectivity index (χ4n) is 4.89. The van der Waals surface area contributed by atoms with Gasteiger partial charge in [0.2, 0.25) is 0 Å². The second-order valence-corrected chi connectivity index (χ2v) is 10.7. The van der Waals surface area contributed by atoms with Crippen LogP contribution in [0.1, 0.15) is 55.0 Å². The van der Waals surface area contributed by atoms with Gasteiger partial charge in [-0.15, -0.1) is 0 Å². The van der Waals surface area contributed by atoms with Crippen molar-refractivity contribution in [3.63, 3.8) is 0 Å². The molecule has 5 heteroatoms. The Kier molecular flexibility index (Phi) is 8.59. The Balaban J connectivity index is 1.71. The van der Waals surface area contributed by atoms with Gasteiger partial charge in [-0.25, -0.2) is 0 Å². The van der Waals surface area contributed by atoms with E-state index >= 15 is 0 Å². The van der Waals surface area contributed by atoms with Crippen LogP contribution >= 0.6 is 11.6 Å². The smallest absolute Gasteiger partial charge is 0.0991 e. The molecule has 0 saturated carbocycles. The normalized spacial score (nSPS) is 13.6. The van der Waals surface area contributed by atoms with Crippen LogP contribution in [0.3, 0.4) is 0 Å². The van der Waals surface area contributed by atoms with Gasteiger partial charge in [0.1, 0.15) is 0 Å². The maximum Gasteiger partial charge on any atom is 0.0991 e. The van der Waals surface area contributed by atoms with Gasteiger partial charge in [0, 0.05) is 29.4 Å². The zero-order valence-electron chi connectivity index (χ0n) is 21.9. The lowest BCUT2D eigenvalue weighted by atomic mass is 9.79. The van der Waals surface area contributed by atoms with Crippen molar-refractivity contribution >= 4 is 11.6 Å². The van der Waals surface area contributed by atoms with Crippen LogP contribution in [0, 0.1) is 28.1 Å². The number of halogens is 1. The zero-order chi connectivity index (χ0) is 27.1. The molecule has 0 saturated heterocycles. The first-order valence-electron chi connectivity index (χ1n) is 12.7. The van der Waals surface area contributed by atoms with Crippen molar-refractivity contribution in [1.82, 2.24) is 10.3 Å². The van der Waals surface area contributed by atoms with Gasteiger partial charge in [-0.1, -0.05) is 60.1 Å². The predicted octanol–water partition coefficient (Wildman–Crippen LogP) is 7.87. The molecule has 0 aliphatic heterocycles. The van der Waals surface area contributed by atoms with Crippen LogP contribution in [-0.4, -0.2) is 11.0 Å². The van der Waals surface area contributed by atoms with Crippen molar-refractivity contribution < 1.29 is 0 Å². The number of rotatable bonds is 9. The van der Waals surface area contributed by atoms with Gasteiger partial charge in [-0.3, -0.25) is 4.98 Å². The fourth-order valence-corrected chi connectivity index (χ4v) is 5.02. The lowest BCUT2D eigenvalue weighted by Gasteiger charge is -2.36. The van der Waals surface area contributed by atoms with Crippen molar-refractivity contribution in [2.75, 3.05) is 0 Å². The summed E-state index contributed by atoms with van der Waals surface area (Å²) in [4.78, 5) is 4.27. The van der Waals surface area contributed by atoms with Gasteiger partial charge < -0.3 is 5.32 Å². The summed E-state index contributed by atoms with van der Waals surface area (Å²) in [6.45, 7) is 6.10. The van der Waals surface area contributed by atoms with E-state index < -0.39 is 5.41 Å². The minimum absolute atomic E-state index is 0.0145. The summed E-state index contributed by atoms with van der Waals surface area (Å²) in [6, 6.07) is 32.5. The highest BCUT2D eigenvalue weighted by Gasteiger charge is 2.34. The quantitative estimate of drug-likeness (QED) is 0.244. The van der Waals surface area contributed by atoms with Crippen LogP contribution in [0.4, 0.5) is 0 Å². The zero-order valence-corrected chi connectivity index (χ0v) is 22.7. The van der Waals surface area contributed by atoms with E-state index in [1.165, 1.54) is 0 Å². The average Bonchev–Trinajstić information content (AvgIpc) is 2.96. The molecule has 0 radical (unpaired) electrons. The van der Waals surface area contributed by atoms with Crippen molar-refractivity contribution in [2.24, 2.45) is 5.41 Å². The molecule has 38 heavy (non-hydrogen) atoms. The lowest BCUT2D eigenvalue weighted by Crippen LogP contribution is -2.42. The molecular weight excluding hydrogens is 488 g/mol. The van der Waals surface area contributed by atoms with Gasteiger partial charge in [0.05, 0.1) is 29.2 Å². The highest BCUT2D eigenvalue weighted by atomic mass is 35.5. The highest BCUT2D eigenvalue weighted by molar-refractivity contribution is 6.30. The summed E-state index contributed by atoms with van der Waals surface area (Å²) in [5, 5.41) is 24.2. The number of hydrogen-bond acceptors (Lipinski definition) is 4. The molecule has 4 rings (SSSR count). The number of aromatic nitrogens is 1.